The Bertz CT molecular complexity index is 480. The van der Waals surface area contributed by atoms with E-state index in [0.717, 1.165) is 25.7 Å². The number of hydrogen-bond acceptors (Lipinski definition) is 3. The van der Waals surface area contributed by atoms with Crippen LogP contribution in [-0.4, -0.2) is 24.6 Å². The van der Waals surface area contributed by atoms with Crippen LogP contribution in [-0.2, 0) is 0 Å². The van der Waals surface area contributed by atoms with Crippen LogP contribution in [0, 0.1) is 0 Å². The number of rotatable bonds is 3. The van der Waals surface area contributed by atoms with Gasteiger partial charge in [0.05, 0.1) is 0 Å². The highest BCUT2D eigenvalue weighted by Crippen LogP contribution is 2.31. The third-order valence-electron chi connectivity index (χ3n) is 4.01. The van der Waals surface area contributed by atoms with E-state index >= 15 is 0 Å². The van der Waals surface area contributed by atoms with Crippen LogP contribution < -0.4 is 14.8 Å². The van der Waals surface area contributed by atoms with E-state index in [-0.39, 0.29) is 11.9 Å². The molecule has 2 saturated heterocycles. The van der Waals surface area contributed by atoms with Gasteiger partial charge in [-0.2, -0.15) is 0 Å². The Kier molecular flexibility index (Phi) is 3.97. The first-order chi connectivity index (χ1) is 9.98. The molecule has 2 fully saturated rings. The van der Waals surface area contributed by atoms with E-state index in [1.165, 1.54) is 24.6 Å². The van der Waals surface area contributed by atoms with Crippen LogP contribution in [0.15, 0.2) is 24.3 Å². The van der Waals surface area contributed by atoms with Crippen molar-refractivity contribution >= 4 is 0 Å². The molecule has 3 nitrogen and oxygen atoms in total. The van der Waals surface area contributed by atoms with Crippen LogP contribution in [0.2, 0.25) is 0 Å². The Hall–Kier alpha value is -1.43. The van der Waals surface area contributed by atoms with Gasteiger partial charge in [0.1, 0.15) is 17.6 Å². The predicted octanol–water partition coefficient (Wildman–Crippen LogP) is 3.64. The summed E-state index contributed by atoms with van der Waals surface area (Å²) in [6, 6.07) is 6.69. The van der Waals surface area contributed by atoms with Gasteiger partial charge in [0, 0.05) is 18.2 Å². The number of hydrogen-bond donors (Lipinski definition) is 1. The second kappa shape index (κ2) is 5.75. The van der Waals surface area contributed by atoms with Gasteiger partial charge in [0.25, 0.3) is 0 Å². The third kappa shape index (κ3) is 4.03. The standard InChI is InChI=1S/C15H18F3NO2/c16-15(17,18)21-13-6-2-5-12(9-13)20-14-7-10-3-1-4-11(8-14)19-10/h2,5-6,9-11,14,19H,1,3-4,7-8H2. The zero-order chi connectivity index (χ0) is 14.9. The minimum Gasteiger partial charge on any atom is -0.490 e. The highest BCUT2D eigenvalue weighted by Gasteiger charge is 2.33. The van der Waals surface area contributed by atoms with E-state index in [1.54, 1.807) is 6.07 Å². The monoisotopic (exact) mass is 301 g/mol. The van der Waals surface area contributed by atoms with Gasteiger partial charge in [-0.3, -0.25) is 0 Å². The number of fused-ring (bicyclic) bond motifs is 2. The van der Waals surface area contributed by atoms with Gasteiger partial charge >= 0.3 is 6.36 Å². The van der Waals surface area contributed by atoms with Crippen LogP contribution in [0.3, 0.4) is 0 Å². The Balaban J connectivity index is 1.63. The van der Waals surface area contributed by atoms with Crippen LogP contribution in [0.5, 0.6) is 11.5 Å². The van der Waals surface area contributed by atoms with Gasteiger partial charge in [0.15, 0.2) is 0 Å². The fourth-order valence-corrected chi connectivity index (χ4v) is 3.25. The van der Waals surface area contributed by atoms with Gasteiger partial charge < -0.3 is 14.8 Å². The minimum atomic E-state index is -4.68. The molecule has 2 aliphatic heterocycles. The summed E-state index contributed by atoms with van der Waals surface area (Å²) in [6.45, 7) is 0. The summed E-state index contributed by atoms with van der Waals surface area (Å²) in [5.41, 5.74) is 0. The number of piperidine rings is 2. The zero-order valence-electron chi connectivity index (χ0n) is 11.5. The lowest BCUT2D eigenvalue weighted by Crippen LogP contribution is -2.51. The summed E-state index contributed by atoms with van der Waals surface area (Å²) in [5, 5.41) is 3.56. The molecule has 0 amide bonds. The molecule has 0 aromatic heterocycles. The van der Waals surface area contributed by atoms with Crippen molar-refractivity contribution in [1.82, 2.24) is 5.32 Å². The molecule has 1 aromatic carbocycles. The van der Waals surface area contributed by atoms with E-state index in [1.807, 2.05) is 0 Å². The summed E-state index contributed by atoms with van der Waals surface area (Å²) in [6.07, 6.45) is 0.722. The number of ether oxygens (including phenoxy) is 2. The van der Waals surface area contributed by atoms with Crippen molar-refractivity contribution < 1.29 is 22.6 Å². The molecule has 2 aliphatic rings. The molecular formula is C15H18F3NO2. The van der Waals surface area contributed by atoms with E-state index in [0.29, 0.717) is 17.8 Å². The van der Waals surface area contributed by atoms with Crippen LogP contribution in [0.25, 0.3) is 0 Å². The SMILES string of the molecule is FC(F)(F)Oc1cccc(OC2CC3CCCC(C2)N3)c1. The van der Waals surface area contributed by atoms with Crippen molar-refractivity contribution in [2.75, 3.05) is 0 Å². The summed E-state index contributed by atoms with van der Waals surface area (Å²) in [4.78, 5) is 0. The molecular weight excluding hydrogens is 283 g/mol. The molecule has 0 radical (unpaired) electrons. The topological polar surface area (TPSA) is 30.5 Å². The lowest BCUT2D eigenvalue weighted by Gasteiger charge is -2.40. The van der Waals surface area contributed by atoms with Crippen molar-refractivity contribution in [3.8, 4) is 11.5 Å². The summed E-state index contributed by atoms with van der Waals surface area (Å²) < 4.78 is 46.4. The molecule has 0 saturated carbocycles. The largest absolute Gasteiger partial charge is 0.573 e. The van der Waals surface area contributed by atoms with Crippen molar-refractivity contribution in [2.24, 2.45) is 0 Å². The van der Waals surface area contributed by atoms with Crippen molar-refractivity contribution in [1.29, 1.82) is 0 Å². The Morgan fingerprint density at radius 3 is 2.38 bits per heavy atom. The van der Waals surface area contributed by atoms with Gasteiger partial charge in [-0.1, -0.05) is 12.5 Å². The number of nitrogens with one attached hydrogen (secondary N) is 1. The molecule has 2 unspecified atom stereocenters. The summed E-state index contributed by atoms with van der Waals surface area (Å²) in [7, 11) is 0. The average molecular weight is 301 g/mol. The molecule has 6 heteroatoms. The number of benzene rings is 1. The van der Waals surface area contributed by atoms with Crippen molar-refractivity contribution in [3.05, 3.63) is 24.3 Å². The maximum absolute atomic E-state index is 12.2. The molecule has 2 bridgehead atoms. The zero-order valence-corrected chi connectivity index (χ0v) is 11.5. The predicted molar refractivity (Wildman–Crippen MR) is 71.3 cm³/mol. The smallest absolute Gasteiger partial charge is 0.490 e. The molecule has 0 spiro atoms. The molecule has 116 valence electrons. The lowest BCUT2D eigenvalue weighted by atomic mass is 9.85. The first-order valence-electron chi connectivity index (χ1n) is 7.26. The molecule has 2 heterocycles. The highest BCUT2D eigenvalue weighted by molar-refractivity contribution is 5.33. The highest BCUT2D eigenvalue weighted by atomic mass is 19.4. The quantitative estimate of drug-likeness (QED) is 0.924. The first kappa shape index (κ1) is 14.5. The molecule has 3 rings (SSSR count). The lowest BCUT2D eigenvalue weighted by molar-refractivity contribution is -0.274. The van der Waals surface area contributed by atoms with Crippen molar-refractivity contribution in [3.63, 3.8) is 0 Å². The van der Waals surface area contributed by atoms with E-state index < -0.39 is 6.36 Å². The molecule has 21 heavy (non-hydrogen) atoms. The molecule has 1 aromatic rings. The normalized spacial score (nSPS) is 29.0. The van der Waals surface area contributed by atoms with Gasteiger partial charge in [0.2, 0.25) is 0 Å². The average Bonchev–Trinajstić information content (AvgIpc) is 2.36. The first-order valence-corrected chi connectivity index (χ1v) is 7.26. The van der Waals surface area contributed by atoms with E-state index in [2.05, 4.69) is 10.1 Å². The van der Waals surface area contributed by atoms with Gasteiger partial charge in [-0.15, -0.1) is 13.2 Å². The summed E-state index contributed by atoms with van der Waals surface area (Å²) in [5.74, 6) is 0.191. The Morgan fingerprint density at radius 2 is 1.71 bits per heavy atom. The molecule has 2 atom stereocenters. The van der Waals surface area contributed by atoms with Gasteiger partial charge in [-0.05, 0) is 37.8 Å². The fraction of sp³-hybridized carbons (Fsp3) is 0.600. The maximum atomic E-state index is 12.2. The second-order valence-electron chi connectivity index (χ2n) is 5.73. The third-order valence-corrected chi connectivity index (χ3v) is 4.01. The Labute approximate surface area is 121 Å². The number of alkyl halides is 3. The van der Waals surface area contributed by atoms with Crippen molar-refractivity contribution in [2.45, 2.75) is 56.7 Å². The molecule has 0 aliphatic carbocycles. The van der Waals surface area contributed by atoms with Crippen LogP contribution in [0.1, 0.15) is 32.1 Å². The van der Waals surface area contributed by atoms with Crippen LogP contribution in [0.4, 0.5) is 13.2 Å². The molecule has 1 N–H and O–H groups in total. The Morgan fingerprint density at radius 1 is 1.05 bits per heavy atom. The van der Waals surface area contributed by atoms with Gasteiger partial charge in [-0.25, -0.2) is 0 Å². The maximum Gasteiger partial charge on any atom is 0.573 e. The number of halogens is 3. The van der Waals surface area contributed by atoms with E-state index in [9.17, 15) is 13.2 Å². The van der Waals surface area contributed by atoms with E-state index in [4.69, 9.17) is 4.74 Å². The second-order valence-corrected chi connectivity index (χ2v) is 5.73. The minimum absolute atomic E-state index is 0.0580. The van der Waals surface area contributed by atoms with Crippen LogP contribution >= 0.6 is 0 Å². The fourth-order valence-electron chi connectivity index (χ4n) is 3.25. The summed E-state index contributed by atoms with van der Waals surface area (Å²) >= 11 is 0.